The third-order valence-corrected chi connectivity index (χ3v) is 10.1. The quantitative estimate of drug-likeness (QED) is 0.0911. The van der Waals surface area contributed by atoms with E-state index in [1.807, 2.05) is 96.6 Å². The summed E-state index contributed by atoms with van der Waals surface area (Å²) in [6.07, 6.45) is 4.87. The van der Waals surface area contributed by atoms with Gasteiger partial charge in [-0.25, -0.2) is 4.68 Å². The first-order chi connectivity index (χ1) is 27.4. The lowest BCUT2D eigenvalue weighted by Gasteiger charge is -2.24. The van der Waals surface area contributed by atoms with E-state index in [4.69, 9.17) is 17.3 Å². The van der Waals surface area contributed by atoms with Crippen LogP contribution in [0.25, 0.3) is 10.9 Å². The Bertz CT molecular complexity index is 2340. The van der Waals surface area contributed by atoms with Crippen LogP contribution in [-0.2, 0) is 51.5 Å². The van der Waals surface area contributed by atoms with E-state index in [0.717, 1.165) is 34.0 Å². The minimum Gasteiger partial charge on any atom is -0.368 e. The van der Waals surface area contributed by atoms with E-state index in [1.165, 1.54) is 10.2 Å². The number of nitrogens with two attached hydrogens (primary N) is 1. The molecule has 2 aromatic heterocycles. The number of para-hydroxylation sites is 2. The number of hydrogen-bond acceptors (Lipinski definition) is 6. The molecule has 0 spiro atoms. The van der Waals surface area contributed by atoms with E-state index in [9.17, 15) is 19.2 Å². The van der Waals surface area contributed by atoms with Gasteiger partial charge in [0.15, 0.2) is 0 Å². The van der Waals surface area contributed by atoms with Crippen molar-refractivity contribution in [2.75, 3.05) is 5.32 Å². The third kappa shape index (κ3) is 10.7. The van der Waals surface area contributed by atoms with Crippen LogP contribution >= 0.6 is 11.6 Å². The number of carbonyl (C=O) groups excluding carboxylic acids is 4. The fourth-order valence-electron chi connectivity index (χ4n) is 6.81. The molecule has 6 aromatic rings. The first-order valence-electron chi connectivity index (χ1n) is 19.0. The minimum atomic E-state index is -1.05. The molecule has 0 fully saturated rings. The number of nitrogens with zero attached hydrogens (tertiary/aromatic N) is 4. The van der Waals surface area contributed by atoms with E-state index < -0.39 is 29.8 Å². The van der Waals surface area contributed by atoms with Gasteiger partial charge in [0.1, 0.15) is 24.3 Å². The van der Waals surface area contributed by atoms with Gasteiger partial charge in [0, 0.05) is 29.9 Å². The van der Waals surface area contributed by atoms with Crippen LogP contribution in [0.15, 0.2) is 116 Å². The SMILES string of the molecule is CC(C)Cc1ccc(C(C)C(=O)NC(Cc2cn(Cc3cn(CC(=O)Nc4ccccc4Cl)nn3)c3ccccc23)C(=O)NC(Cc2ccccc2)C(N)=O)cc1. The van der Waals surface area contributed by atoms with Crippen LogP contribution in [0.2, 0.25) is 5.02 Å². The molecule has 0 saturated carbocycles. The van der Waals surface area contributed by atoms with E-state index in [1.54, 1.807) is 30.5 Å². The molecule has 2 heterocycles. The van der Waals surface area contributed by atoms with Gasteiger partial charge in [-0.05, 0) is 59.7 Å². The summed E-state index contributed by atoms with van der Waals surface area (Å²) in [5, 5.41) is 18.4. The van der Waals surface area contributed by atoms with Crippen molar-refractivity contribution in [1.82, 2.24) is 30.2 Å². The number of anilines is 1. The standard InChI is InChI=1S/C44H47ClN8O4/c1-28(2)21-31-17-19-32(20-18-31)29(3)43(56)49-39(44(57)48-38(42(46)55)22-30-11-5-4-6-12-30)23-33-24-52(40-16-10-7-13-35(33)40)25-34-26-53(51-50-34)27-41(54)47-37-15-9-8-14-36(37)45/h4-20,24,26,28-29,38-39H,21-23,25,27H2,1-3H3,(H2,46,55)(H,47,54)(H,48,57)(H,49,56). The molecule has 294 valence electrons. The molecule has 4 aromatic carbocycles. The summed E-state index contributed by atoms with van der Waals surface area (Å²) in [4.78, 5) is 53.4. The zero-order valence-corrected chi connectivity index (χ0v) is 32.9. The van der Waals surface area contributed by atoms with E-state index in [-0.39, 0.29) is 31.2 Å². The molecule has 3 atom stereocenters. The van der Waals surface area contributed by atoms with Crippen molar-refractivity contribution < 1.29 is 19.2 Å². The highest BCUT2D eigenvalue weighted by Crippen LogP contribution is 2.25. The maximum Gasteiger partial charge on any atom is 0.246 e. The van der Waals surface area contributed by atoms with Crippen molar-refractivity contribution in [3.63, 3.8) is 0 Å². The average molecular weight is 787 g/mol. The molecular formula is C44H47ClN8O4. The van der Waals surface area contributed by atoms with Gasteiger partial charge in [-0.2, -0.15) is 0 Å². The molecule has 3 unspecified atom stereocenters. The summed E-state index contributed by atoms with van der Waals surface area (Å²) < 4.78 is 3.44. The zero-order chi connectivity index (χ0) is 40.5. The fraction of sp³-hybridized carbons (Fsp3) is 0.273. The highest BCUT2D eigenvalue weighted by Gasteiger charge is 2.29. The average Bonchev–Trinajstić information content (AvgIpc) is 3.78. The third-order valence-electron chi connectivity index (χ3n) is 9.76. The molecule has 0 aliphatic rings. The molecular weight excluding hydrogens is 740 g/mol. The number of carbonyl (C=O) groups is 4. The lowest BCUT2D eigenvalue weighted by molar-refractivity contribution is -0.131. The van der Waals surface area contributed by atoms with Crippen LogP contribution in [0.4, 0.5) is 5.69 Å². The lowest BCUT2D eigenvalue weighted by atomic mass is 9.95. The van der Waals surface area contributed by atoms with Crippen molar-refractivity contribution in [3.05, 3.63) is 148 Å². The monoisotopic (exact) mass is 786 g/mol. The normalized spacial score (nSPS) is 12.9. The molecule has 5 N–H and O–H groups in total. The Morgan fingerprint density at radius 1 is 0.737 bits per heavy atom. The predicted octanol–water partition coefficient (Wildman–Crippen LogP) is 5.82. The molecule has 4 amide bonds. The maximum absolute atomic E-state index is 14.2. The van der Waals surface area contributed by atoms with Crippen LogP contribution in [0.1, 0.15) is 54.6 Å². The van der Waals surface area contributed by atoms with Gasteiger partial charge in [-0.15, -0.1) is 5.10 Å². The van der Waals surface area contributed by atoms with Crippen LogP contribution in [0.3, 0.4) is 0 Å². The van der Waals surface area contributed by atoms with Crippen LogP contribution in [-0.4, -0.2) is 55.3 Å². The van der Waals surface area contributed by atoms with Gasteiger partial charge >= 0.3 is 0 Å². The number of nitrogens with one attached hydrogen (secondary N) is 3. The zero-order valence-electron chi connectivity index (χ0n) is 32.2. The molecule has 0 aliphatic carbocycles. The van der Waals surface area contributed by atoms with Crippen LogP contribution in [0.5, 0.6) is 0 Å². The van der Waals surface area contributed by atoms with Gasteiger partial charge in [0.2, 0.25) is 23.6 Å². The summed E-state index contributed by atoms with van der Waals surface area (Å²) in [5.41, 5.74) is 11.4. The van der Waals surface area contributed by atoms with Gasteiger partial charge in [-0.3, -0.25) is 19.2 Å². The van der Waals surface area contributed by atoms with Crippen LogP contribution < -0.4 is 21.7 Å². The first kappa shape index (κ1) is 40.4. The first-order valence-corrected chi connectivity index (χ1v) is 19.3. The Morgan fingerprint density at radius 2 is 1.40 bits per heavy atom. The number of fused-ring (bicyclic) bond motifs is 1. The van der Waals surface area contributed by atoms with E-state index >= 15 is 0 Å². The highest BCUT2D eigenvalue weighted by atomic mass is 35.5. The Labute approximate surface area is 336 Å². The smallest absolute Gasteiger partial charge is 0.246 e. The number of rotatable bonds is 17. The number of hydrogen-bond donors (Lipinski definition) is 4. The summed E-state index contributed by atoms with van der Waals surface area (Å²) >= 11 is 6.20. The van der Waals surface area contributed by atoms with Crippen molar-refractivity contribution in [1.29, 1.82) is 0 Å². The topological polar surface area (TPSA) is 166 Å². The van der Waals surface area contributed by atoms with Crippen molar-refractivity contribution >= 4 is 51.8 Å². The van der Waals surface area contributed by atoms with E-state index in [0.29, 0.717) is 28.9 Å². The molecule has 0 aliphatic heterocycles. The number of amides is 4. The predicted molar refractivity (Wildman–Crippen MR) is 221 cm³/mol. The lowest BCUT2D eigenvalue weighted by Crippen LogP contribution is -2.54. The summed E-state index contributed by atoms with van der Waals surface area (Å²) in [6.45, 7) is 6.38. The van der Waals surface area contributed by atoms with Crippen molar-refractivity contribution in [3.8, 4) is 0 Å². The second kappa shape index (κ2) is 18.6. The molecule has 12 nitrogen and oxygen atoms in total. The number of benzene rings is 4. The maximum atomic E-state index is 14.2. The van der Waals surface area contributed by atoms with Gasteiger partial charge in [0.25, 0.3) is 0 Å². The van der Waals surface area contributed by atoms with E-state index in [2.05, 4.69) is 40.1 Å². The Hall–Kier alpha value is -6.27. The summed E-state index contributed by atoms with van der Waals surface area (Å²) in [7, 11) is 0. The molecule has 13 heteroatoms. The minimum absolute atomic E-state index is 0.0660. The molecule has 0 bridgehead atoms. The molecule has 0 saturated heterocycles. The van der Waals surface area contributed by atoms with Gasteiger partial charge in [-0.1, -0.05) is 116 Å². The van der Waals surface area contributed by atoms with Gasteiger partial charge < -0.3 is 26.3 Å². The van der Waals surface area contributed by atoms with Crippen molar-refractivity contribution in [2.24, 2.45) is 11.7 Å². The second-order valence-electron chi connectivity index (χ2n) is 14.7. The Balaban J connectivity index is 1.23. The second-order valence-corrected chi connectivity index (χ2v) is 15.1. The Morgan fingerprint density at radius 3 is 2.12 bits per heavy atom. The van der Waals surface area contributed by atoms with Crippen molar-refractivity contribution in [2.45, 2.75) is 71.1 Å². The fourth-order valence-corrected chi connectivity index (χ4v) is 7.00. The van der Waals surface area contributed by atoms with Gasteiger partial charge in [0.05, 0.1) is 29.4 Å². The molecule has 0 radical (unpaired) electrons. The number of aromatic nitrogens is 4. The van der Waals surface area contributed by atoms with Crippen LogP contribution in [0, 0.1) is 5.92 Å². The number of primary amides is 1. The summed E-state index contributed by atoms with van der Waals surface area (Å²) in [6, 6.07) is 29.9. The largest absolute Gasteiger partial charge is 0.368 e. The summed E-state index contributed by atoms with van der Waals surface area (Å²) in [5.74, 6) is -1.90. The number of halogens is 1. The Kier molecular flexibility index (Phi) is 13.2. The highest BCUT2D eigenvalue weighted by molar-refractivity contribution is 6.33. The molecule has 57 heavy (non-hydrogen) atoms. The molecule has 6 rings (SSSR count).